The summed E-state index contributed by atoms with van der Waals surface area (Å²) in [6.07, 6.45) is 7.61. The highest BCUT2D eigenvalue weighted by atomic mass is 16.3. The van der Waals surface area contributed by atoms with E-state index in [1.807, 2.05) is 4.90 Å². The summed E-state index contributed by atoms with van der Waals surface area (Å²) in [5, 5.41) is 14.7. The van der Waals surface area contributed by atoms with E-state index in [0.717, 1.165) is 32.1 Å². The van der Waals surface area contributed by atoms with Gasteiger partial charge in [0.05, 0.1) is 17.9 Å². The molecule has 3 N–H and O–H groups in total. The van der Waals surface area contributed by atoms with Gasteiger partial charge in [0.15, 0.2) is 0 Å². The zero-order valence-electron chi connectivity index (χ0n) is 13.4. The first-order chi connectivity index (χ1) is 10.5. The van der Waals surface area contributed by atoms with Crippen LogP contribution in [-0.2, 0) is 7.05 Å². The first kappa shape index (κ1) is 15.5. The summed E-state index contributed by atoms with van der Waals surface area (Å²) in [6.45, 7) is 2.55. The number of rotatable bonds is 2. The summed E-state index contributed by atoms with van der Waals surface area (Å²) in [7, 11) is 1.81. The van der Waals surface area contributed by atoms with Crippen LogP contribution >= 0.6 is 0 Å². The van der Waals surface area contributed by atoms with E-state index in [1.165, 1.54) is 0 Å². The van der Waals surface area contributed by atoms with E-state index < -0.39 is 0 Å². The minimum Gasteiger partial charge on any atom is -0.392 e. The van der Waals surface area contributed by atoms with Crippen LogP contribution in [0.25, 0.3) is 0 Å². The molecule has 1 saturated carbocycles. The maximum atomic E-state index is 13.0. The number of hydrogen-bond acceptors (Lipinski definition) is 4. The Hall–Kier alpha value is -1.40. The third-order valence-corrected chi connectivity index (χ3v) is 5.59. The lowest BCUT2D eigenvalue weighted by molar-refractivity contribution is 0.0121. The normalized spacial score (nSPS) is 35.3. The number of aromatic nitrogens is 2. The van der Waals surface area contributed by atoms with Crippen LogP contribution in [0.15, 0.2) is 12.4 Å². The third kappa shape index (κ3) is 2.34. The van der Waals surface area contributed by atoms with E-state index in [1.54, 1.807) is 24.1 Å². The van der Waals surface area contributed by atoms with Crippen molar-refractivity contribution in [3.05, 3.63) is 18.0 Å². The number of carbonyl (C=O) groups is 1. The fourth-order valence-corrected chi connectivity index (χ4v) is 4.33. The Bertz CT molecular complexity index is 558. The standard InChI is InChI=1S/C16H26N4O2/c1-16-7-12(8-17)20(13(16)5-3-4-6-14(16)21)15(22)11-9-18-19(2)10-11/h9-10,12-14,21H,3-8,17H2,1-2H3/t12-,13-,14-,16-/m1/s1. The summed E-state index contributed by atoms with van der Waals surface area (Å²) >= 11 is 0. The van der Waals surface area contributed by atoms with Gasteiger partial charge in [-0.1, -0.05) is 19.8 Å². The number of likely N-dealkylation sites (tertiary alicyclic amines) is 1. The molecule has 2 fully saturated rings. The van der Waals surface area contributed by atoms with Crippen LogP contribution in [-0.4, -0.2) is 50.4 Å². The van der Waals surface area contributed by atoms with Gasteiger partial charge in [0.25, 0.3) is 5.91 Å². The molecular weight excluding hydrogens is 280 g/mol. The maximum Gasteiger partial charge on any atom is 0.257 e. The molecule has 0 aromatic carbocycles. The van der Waals surface area contributed by atoms with Crippen molar-refractivity contribution in [1.29, 1.82) is 0 Å². The predicted molar refractivity (Wildman–Crippen MR) is 83.2 cm³/mol. The Morgan fingerprint density at radius 2 is 2.23 bits per heavy atom. The molecule has 1 aliphatic heterocycles. The van der Waals surface area contributed by atoms with E-state index in [2.05, 4.69) is 12.0 Å². The Kier molecular flexibility index (Phi) is 3.99. The van der Waals surface area contributed by atoms with Crippen LogP contribution in [0.4, 0.5) is 0 Å². The lowest BCUT2D eigenvalue weighted by atomic mass is 9.75. The topological polar surface area (TPSA) is 84.4 Å². The smallest absolute Gasteiger partial charge is 0.257 e. The number of aliphatic hydroxyl groups excluding tert-OH is 1. The van der Waals surface area contributed by atoms with Crippen molar-refractivity contribution < 1.29 is 9.90 Å². The molecule has 0 unspecified atom stereocenters. The Balaban J connectivity index is 1.95. The summed E-state index contributed by atoms with van der Waals surface area (Å²) in [5.74, 6) is -0.00799. The average Bonchev–Trinajstić information content (AvgIpc) is 3.01. The second-order valence-corrected chi connectivity index (χ2v) is 7.03. The van der Waals surface area contributed by atoms with Crippen molar-refractivity contribution in [2.24, 2.45) is 18.2 Å². The highest BCUT2D eigenvalue weighted by Crippen LogP contribution is 2.48. The molecule has 0 spiro atoms. The number of amides is 1. The van der Waals surface area contributed by atoms with Crippen LogP contribution in [0.1, 0.15) is 49.4 Å². The molecule has 2 heterocycles. The van der Waals surface area contributed by atoms with E-state index in [0.29, 0.717) is 12.1 Å². The molecule has 1 aromatic rings. The summed E-state index contributed by atoms with van der Waals surface area (Å²) in [6, 6.07) is 0.0571. The molecule has 3 rings (SSSR count). The van der Waals surface area contributed by atoms with Gasteiger partial charge in [0.1, 0.15) is 0 Å². The van der Waals surface area contributed by atoms with Crippen molar-refractivity contribution in [3.63, 3.8) is 0 Å². The van der Waals surface area contributed by atoms with Gasteiger partial charge < -0.3 is 15.7 Å². The average molecular weight is 306 g/mol. The first-order valence-corrected chi connectivity index (χ1v) is 8.17. The number of aryl methyl sites for hydroxylation is 1. The van der Waals surface area contributed by atoms with Crippen LogP contribution in [0, 0.1) is 5.41 Å². The highest BCUT2D eigenvalue weighted by Gasteiger charge is 2.54. The molecule has 6 heteroatoms. The second-order valence-electron chi connectivity index (χ2n) is 7.03. The van der Waals surface area contributed by atoms with Gasteiger partial charge in [-0.2, -0.15) is 5.10 Å². The van der Waals surface area contributed by atoms with Gasteiger partial charge in [-0.25, -0.2) is 0 Å². The van der Waals surface area contributed by atoms with Crippen molar-refractivity contribution in [2.45, 2.75) is 57.2 Å². The minimum atomic E-state index is -0.360. The lowest BCUT2D eigenvalue weighted by Crippen LogP contribution is -2.48. The van der Waals surface area contributed by atoms with Gasteiger partial charge in [-0.15, -0.1) is 0 Å². The molecule has 1 amide bonds. The number of nitrogens with two attached hydrogens (primary N) is 1. The Morgan fingerprint density at radius 3 is 2.86 bits per heavy atom. The molecule has 0 bridgehead atoms. The Labute approximate surface area is 131 Å². The van der Waals surface area contributed by atoms with Gasteiger partial charge in [-0.3, -0.25) is 9.48 Å². The number of fused-ring (bicyclic) bond motifs is 1. The van der Waals surface area contributed by atoms with Gasteiger partial charge in [0, 0.05) is 37.3 Å². The zero-order chi connectivity index (χ0) is 15.9. The van der Waals surface area contributed by atoms with Gasteiger partial charge in [-0.05, 0) is 19.3 Å². The van der Waals surface area contributed by atoms with Crippen LogP contribution in [0.5, 0.6) is 0 Å². The number of nitrogens with zero attached hydrogens (tertiary/aromatic N) is 3. The fraction of sp³-hybridized carbons (Fsp3) is 0.750. The van der Waals surface area contributed by atoms with Crippen LogP contribution < -0.4 is 5.73 Å². The first-order valence-electron chi connectivity index (χ1n) is 8.17. The zero-order valence-corrected chi connectivity index (χ0v) is 13.4. The summed E-state index contributed by atoms with van der Waals surface area (Å²) in [4.78, 5) is 14.9. The molecule has 6 nitrogen and oxygen atoms in total. The van der Waals surface area contributed by atoms with E-state index in [4.69, 9.17) is 5.73 Å². The highest BCUT2D eigenvalue weighted by molar-refractivity contribution is 5.94. The van der Waals surface area contributed by atoms with Crippen molar-refractivity contribution >= 4 is 5.91 Å². The molecular formula is C16H26N4O2. The maximum absolute atomic E-state index is 13.0. The number of carbonyl (C=O) groups excluding carboxylic acids is 1. The van der Waals surface area contributed by atoms with Gasteiger partial charge >= 0.3 is 0 Å². The number of hydrogen-bond donors (Lipinski definition) is 2. The van der Waals surface area contributed by atoms with E-state index >= 15 is 0 Å². The predicted octanol–water partition coefficient (Wildman–Crippen LogP) is 0.903. The van der Waals surface area contributed by atoms with Crippen molar-refractivity contribution in [3.8, 4) is 0 Å². The third-order valence-electron chi connectivity index (χ3n) is 5.59. The second kappa shape index (κ2) is 5.66. The Morgan fingerprint density at radius 1 is 1.50 bits per heavy atom. The number of aliphatic hydroxyl groups is 1. The molecule has 22 heavy (non-hydrogen) atoms. The molecule has 122 valence electrons. The van der Waals surface area contributed by atoms with Gasteiger partial charge in [0.2, 0.25) is 0 Å². The molecule has 2 aliphatic rings. The summed E-state index contributed by atoms with van der Waals surface area (Å²) < 4.78 is 1.64. The SMILES string of the molecule is Cn1cc(C(=O)N2[C@@H](CN)C[C@@]3(C)[C@H](O)CCCC[C@@H]23)cn1. The van der Waals surface area contributed by atoms with Crippen molar-refractivity contribution in [2.75, 3.05) is 6.54 Å². The quantitative estimate of drug-likeness (QED) is 0.850. The van der Waals surface area contributed by atoms with E-state index in [9.17, 15) is 9.90 Å². The van der Waals surface area contributed by atoms with Crippen LogP contribution in [0.2, 0.25) is 0 Å². The molecule has 1 aromatic heterocycles. The van der Waals surface area contributed by atoms with Crippen LogP contribution in [0.3, 0.4) is 0 Å². The minimum absolute atomic E-state index is 0.00421. The summed E-state index contributed by atoms with van der Waals surface area (Å²) in [5.41, 5.74) is 6.30. The molecule has 1 saturated heterocycles. The largest absolute Gasteiger partial charge is 0.392 e. The van der Waals surface area contributed by atoms with E-state index in [-0.39, 0.29) is 29.5 Å². The lowest BCUT2D eigenvalue weighted by Gasteiger charge is -2.37. The monoisotopic (exact) mass is 306 g/mol. The van der Waals surface area contributed by atoms with Crippen molar-refractivity contribution in [1.82, 2.24) is 14.7 Å². The molecule has 0 radical (unpaired) electrons. The molecule has 1 aliphatic carbocycles. The molecule has 4 atom stereocenters. The fourth-order valence-electron chi connectivity index (χ4n) is 4.33.